The highest BCUT2D eigenvalue weighted by atomic mass is 16.5. The number of ether oxygens (including phenoxy) is 1. The summed E-state index contributed by atoms with van der Waals surface area (Å²) in [5, 5.41) is 2.65. The number of hydrogen-bond acceptors (Lipinski definition) is 4. The van der Waals surface area contributed by atoms with Crippen LogP contribution in [0.2, 0.25) is 0 Å². The van der Waals surface area contributed by atoms with E-state index in [1.165, 1.54) is 0 Å². The number of nitrogens with zero attached hydrogens (tertiary/aromatic N) is 1. The monoisotopic (exact) mass is 193 g/mol. The van der Waals surface area contributed by atoms with Gasteiger partial charge >= 0.3 is 0 Å². The number of carbonyl (C=O) groups excluding carboxylic acids is 1. The Kier molecular flexibility index (Phi) is 1.99. The van der Waals surface area contributed by atoms with E-state index in [1.807, 2.05) is 6.92 Å². The molecule has 0 fully saturated rings. The van der Waals surface area contributed by atoms with E-state index in [1.54, 1.807) is 12.1 Å². The summed E-state index contributed by atoms with van der Waals surface area (Å²) in [5.41, 5.74) is 5.48. The number of nitrogens with two attached hydrogens (primary N) is 1. The van der Waals surface area contributed by atoms with Gasteiger partial charge in [0, 0.05) is 0 Å². The number of amides is 1. The normalized spacial score (nSPS) is 19.5. The second-order valence-electron chi connectivity index (χ2n) is 3.09. The highest BCUT2D eigenvalue weighted by Crippen LogP contribution is 2.28. The predicted molar refractivity (Wildman–Crippen MR) is 52.0 cm³/mol. The van der Waals surface area contributed by atoms with E-state index in [0.717, 1.165) is 0 Å². The Hall–Kier alpha value is -1.78. The number of fused-ring (bicyclic) bond motifs is 1. The molecule has 5 nitrogen and oxygen atoms in total. The molecular formula is C9H11N3O2. The van der Waals surface area contributed by atoms with Crippen LogP contribution in [0.1, 0.15) is 13.3 Å². The Bertz CT molecular complexity index is 378. The number of pyridine rings is 1. The van der Waals surface area contributed by atoms with Crippen molar-refractivity contribution in [2.75, 3.05) is 11.1 Å². The molecule has 1 aromatic rings. The lowest BCUT2D eigenvalue weighted by atomic mass is 10.2. The van der Waals surface area contributed by atoms with E-state index in [4.69, 9.17) is 10.5 Å². The van der Waals surface area contributed by atoms with E-state index < -0.39 is 6.10 Å². The number of nitrogens with one attached hydrogen (secondary N) is 1. The van der Waals surface area contributed by atoms with Crippen molar-refractivity contribution in [3.8, 4) is 5.75 Å². The van der Waals surface area contributed by atoms with Crippen molar-refractivity contribution in [1.82, 2.24) is 4.98 Å². The smallest absolute Gasteiger partial charge is 0.266 e. The van der Waals surface area contributed by atoms with Gasteiger partial charge in [-0.05, 0) is 18.6 Å². The lowest BCUT2D eigenvalue weighted by molar-refractivity contribution is -0.123. The zero-order valence-electron chi connectivity index (χ0n) is 7.78. The molecule has 0 radical (unpaired) electrons. The number of aromatic nitrogens is 1. The van der Waals surface area contributed by atoms with Gasteiger partial charge in [0.15, 0.2) is 17.7 Å². The third kappa shape index (κ3) is 1.37. The van der Waals surface area contributed by atoms with Crippen LogP contribution in [0.15, 0.2) is 12.1 Å². The van der Waals surface area contributed by atoms with Crippen LogP contribution in [0.4, 0.5) is 11.6 Å². The number of hydrogen-bond donors (Lipinski definition) is 2. The second kappa shape index (κ2) is 3.17. The molecule has 1 aromatic heterocycles. The molecule has 1 aliphatic rings. The Morgan fingerprint density at radius 1 is 1.64 bits per heavy atom. The molecule has 74 valence electrons. The molecule has 0 aromatic carbocycles. The molecule has 1 amide bonds. The van der Waals surface area contributed by atoms with Crippen LogP contribution >= 0.6 is 0 Å². The van der Waals surface area contributed by atoms with Gasteiger partial charge in [-0.15, -0.1) is 0 Å². The standard InChI is InChI=1S/C9H11N3O2/c1-2-5-9(13)12-8-6(14-5)3-4-7(10)11-8/h3-5H,2H2,1H3,(H3,10,11,12,13). The van der Waals surface area contributed by atoms with Gasteiger partial charge in [-0.3, -0.25) is 4.79 Å². The first-order valence-corrected chi connectivity index (χ1v) is 4.44. The first-order valence-electron chi connectivity index (χ1n) is 4.44. The van der Waals surface area contributed by atoms with Crippen molar-refractivity contribution < 1.29 is 9.53 Å². The fourth-order valence-corrected chi connectivity index (χ4v) is 1.32. The maximum Gasteiger partial charge on any atom is 0.266 e. The molecule has 3 N–H and O–H groups in total. The average molecular weight is 193 g/mol. The molecule has 0 saturated heterocycles. The van der Waals surface area contributed by atoms with E-state index in [0.29, 0.717) is 23.8 Å². The van der Waals surface area contributed by atoms with Gasteiger partial charge in [-0.25, -0.2) is 4.98 Å². The largest absolute Gasteiger partial charge is 0.477 e. The summed E-state index contributed by atoms with van der Waals surface area (Å²) in [4.78, 5) is 15.3. The van der Waals surface area contributed by atoms with Gasteiger partial charge in [-0.1, -0.05) is 6.92 Å². The van der Waals surface area contributed by atoms with Crippen LogP contribution in [0.25, 0.3) is 0 Å². The molecule has 0 bridgehead atoms. The molecule has 0 saturated carbocycles. The minimum atomic E-state index is -0.423. The molecule has 1 atom stereocenters. The molecule has 2 heterocycles. The molecular weight excluding hydrogens is 182 g/mol. The third-order valence-corrected chi connectivity index (χ3v) is 2.05. The Balaban J connectivity index is 2.35. The fourth-order valence-electron chi connectivity index (χ4n) is 1.32. The molecule has 1 unspecified atom stereocenters. The van der Waals surface area contributed by atoms with E-state index in [-0.39, 0.29) is 5.91 Å². The van der Waals surface area contributed by atoms with Crippen molar-refractivity contribution in [3.63, 3.8) is 0 Å². The van der Waals surface area contributed by atoms with Gasteiger partial charge in [-0.2, -0.15) is 0 Å². The maximum absolute atomic E-state index is 11.4. The molecule has 1 aliphatic heterocycles. The van der Waals surface area contributed by atoms with E-state index >= 15 is 0 Å². The highest BCUT2D eigenvalue weighted by Gasteiger charge is 2.26. The molecule has 2 rings (SSSR count). The topological polar surface area (TPSA) is 77.2 Å². The number of rotatable bonds is 1. The van der Waals surface area contributed by atoms with Gasteiger partial charge in [0.2, 0.25) is 0 Å². The zero-order valence-corrected chi connectivity index (χ0v) is 7.78. The summed E-state index contributed by atoms with van der Waals surface area (Å²) in [6.45, 7) is 1.89. The summed E-state index contributed by atoms with van der Waals surface area (Å²) in [7, 11) is 0. The Morgan fingerprint density at radius 2 is 2.43 bits per heavy atom. The summed E-state index contributed by atoms with van der Waals surface area (Å²) >= 11 is 0. The van der Waals surface area contributed by atoms with Crippen molar-refractivity contribution in [2.24, 2.45) is 0 Å². The van der Waals surface area contributed by atoms with Crippen molar-refractivity contribution in [2.45, 2.75) is 19.4 Å². The van der Waals surface area contributed by atoms with Gasteiger partial charge < -0.3 is 15.8 Å². The minimum absolute atomic E-state index is 0.168. The lowest BCUT2D eigenvalue weighted by Crippen LogP contribution is -2.36. The summed E-state index contributed by atoms with van der Waals surface area (Å²) < 4.78 is 5.42. The zero-order chi connectivity index (χ0) is 10.1. The maximum atomic E-state index is 11.4. The number of nitrogen functional groups attached to an aromatic ring is 1. The summed E-state index contributed by atoms with van der Waals surface area (Å²) in [5.74, 6) is 1.17. The van der Waals surface area contributed by atoms with Crippen LogP contribution in [0.3, 0.4) is 0 Å². The molecule has 0 spiro atoms. The van der Waals surface area contributed by atoms with E-state index in [9.17, 15) is 4.79 Å². The highest BCUT2D eigenvalue weighted by molar-refractivity contribution is 5.96. The number of anilines is 2. The average Bonchev–Trinajstić information content (AvgIpc) is 2.16. The van der Waals surface area contributed by atoms with Crippen molar-refractivity contribution in [1.29, 1.82) is 0 Å². The quantitative estimate of drug-likeness (QED) is 0.690. The summed E-state index contributed by atoms with van der Waals surface area (Å²) in [6.07, 6.45) is 0.211. The van der Waals surface area contributed by atoms with Crippen molar-refractivity contribution in [3.05, 3.63) is 12.1 Å². The Labute approximate surface area is 81.3 Å². The number of carbonyl (C=O) groups is 1. The third-order valence-electron chi connectivity index (χ3n) is 2.05. The first-order chi connectivity index (χ1) is 6.70. The van der Waals surface area contributed by atoms with Crippen LogP contribution < -0.4 is 15.8 Å². The molecule has 14 heavy (non-hydrogen) atoms. The van der Waals surface area contributed by atoms with Crippen LogP contribution in [0, 0.1) is 0 Å². The van der Waals surface area contributed by atoms with E-state index in [2.05, 4.69) is 10.3 Å². The second-order valence-corrected chi connectivity index (χ2v) is 3.09. The SMILES string of the molecule is CCC1Oc2ccc(N)nc2NC1=O. The predicted octanol–water partition coefficient (Wildman–Crippen LogP) is 0.773. The van der Waals surface area contributed by atoms with Crippen LogP contribution in [-0.2, 0) is 4.79 Å². The fraction of sp³-hybridized carbons (Fsp3) is 0.333. The lowest BCUT2D eigenvalue weighted by Gasteiger charge is -2.23. The Morgan fingerprint density at radius 3 is 3.14 bits per heavy atom. The minimum Gasteiger partial charge on any atom is -0.477 e. The van der Waals surface area contributed by atoms with Crippen LogP contribution in [-0.4, -0.2) is 17.0 Å². The summed E-state index contributed by atoms with van der Waals surface area (Å²) in [6, 6.07) is 3.35. The van der Waals surface area contributed by atoms with Gasteiger partial charge in [0.1, 0.15) is 5.82 Å². The molecule has 5 heteroatoms. The molecule has 0 aliphatic carbocycles. The first kappa shape index (κ1) is 8.80. The van der Waals surface area contributed by atoms with Crippen molar-refractivity contribution >= 4 is 17.5 Å². The van der Waals surface area contributed by atoms with Gasteiger partial charge in [0.25, 0.3) is 5.91 Å². The van der Waals surface area contributed by atoms with Gasteiger partial charge in [0.05, 0.1) is 0 Å². The van der Waals surface area contributed by atoms with Crippen LogP contribution in [0.5, 0.6) is 5.75 Å².